The largest absolute Gasteiger partial charge is 0.441 e. The van der Waals surface area contributed by atoms with Gasteiger partial charge in [0, 0.05) is 30.8 Å². The van der Waals surface area contributed by atoms with Crippen LogP contribution in [0.25, 0.3) is 11.1 Å². The molecule has 0 N–H and O–H groups in total. The van der Waals surface area contributed by atoms with E-state index < -0.39 is 5.60 Å². The first kappa shape index (κ1) is 21.2. The maximum absolute atomic E-state index is 13.3. The van der Waals surface area contributed by atoms with Gasteiger partial charge in [0.05, 0.1) is 6.54 Å². The zero-order chi connectivity index (χ0) is 22.8. The average molecular weight is 445 g/mol. The quantitative estimate of drug-likeness (QED) is 0.535. The van der Waals surface area contributed by atoms with Crippen molar-refractivity contribution in [2.45, 2.75) is 24.9 Å². The van der Waals surface area contributed by atoms with Crippen molar-refractivity contribution in [2.75, 3.05) is 24.5 Å². The summed E-state index contributed by atoms with van der Waals surface area (Å²) in [6, 6.07) is 23.2. The molecular weight excluding hydrogens is 419 g/mol. The van der Waals surface area contributed by atoms with Crippen molar-refractivity contribution >= 4 is 17.7 Å². The molecular formula is C27H25FN2O3. The molecule has 0 aromatic heterocycles. The Balaban J connectivity index is 1.30. The molecule has 3 aromatic carbocycles. The summed E-state index contributed by atoms with van der Waals surface area (Å²) >= 11 is 0. The molecule has 1 atom stereocenters. The van der Waals surface area contributed by atoms with Crippen molar-refractivity contribution in [3.05, 3.63) is 90.2 Å². The van der Waals surface area contributed by atoms with Crippen molar-refractivity contribution in [3.8, 4) is 11.1 Å². The summed E-state index contributed by atoms with van der Waals surface area (Å²) in [4.78, 5) is 29.4. The van der Waals surface area contributed by atoms with Crippen LogP contribution in [0.2, 0.25) is 0 Å². The van der Waals surface area contributed by atoms with E-state index in [9.17, 15) is 14.0 Å². The Morgan fingerprint density at radius 1 is 0.879 bits per heavy atom. The fraction of sp³-hybridized carbons (Fsp3) is 0.259. The number of nitrogens with zero attached hydrogens (tertiary/aromatic N) is 2. The summed E-state index contributed by atoms with van der Waals surface area (Å²) in [5, 5.41) is 0. The second-order valence-corrected chi connectivity index (χ2v) is 8.71. The highest BCUT2D eigenvalue weighted by Crippen LogP contribution is 2.36. The van der Waals surface area contributed by atoms with Gasteiger partial charge in [-0.25, -0.2) is 9.18 Å². The molecule has 2 amide bonds. The second-order valence-electron chi connectivity index (χ2n) is 8.71. The molecule has 2 saturated heterocycles. The SMILES string of the molecule is O=C(c1cccc(-c2ccc(F)cc2)c1)N1CCC[C@]2(CC1)CN(c1ccccc1)C(=O)O2. The van der Waals surface area contributed by atoms with Crippen LogP contribution in [0.1, 0.15) is 29.6 Å². The van der Waals surface area contributed by atoms with E-state index >= 15 is 0 Å². The summed E-state index contributed by atoms with van der Waals surface area (Å²) in [5.41, 5.74) is 2.59. The number of carbonyl (C=O) groups is 2. The number of para-hydroxylation sites is 1. The summed E-state index contributed by atoms with van der Waals surface area (Å²) < 4.78 is 19.1. The molecule has 3 aromatic rings. The Kier molecular flexibility index (Phi) is 5.58. The van der Waals surface area contributed by atoms with Crippen LogP contribution in [-0.4, -0.2) is 42.1 Å². The number of carbonyl (C=O) groups excluding carboxylic acids is 2. The van der Waals surface area contributed by atoms with Gasteiger partial charge in [0.25, 0.3) is 5.91 Å². The predicted molar refractivity (Wildman–Crippen MR) is 125 cm³/mol. The minimum atomic E-state index is -0.572. The van der Waals surface area contributed by atoms with Crippen LogP contribution in [0.3, 0.4) is 0 Å². The van der Waals surface area contributed by atoms with Crippen molar-refractivity contribution in [2.24, 2.45) is 0 Å². The molecule has 0 bridgehead atoms. The topological polar surface area (TPSA) is 49.9 Å². The van der Waals surface area contributed by atoms with Gasteiger partial charge in [-0.1, -0.05) is 42.5 Å². The van der Waals surface area contributed by atoms with E-state index in [-0.39, 0.29) is 17.8 Å². The van der Waals surface area contributed by atoms with Gasteiger partial charge in [-0.15, -0.1) is 0 Å². The fourth-order valence-corrected chi connectivity index (χ4v) is 4.72. The van der Waals surface area contributed by atoms with Gasteiger partial charge in [0.15, 0.2) is 0 Å². The number of halogens is 1. The maximum atomic E-state index is 13.3. The molecule has 0 saturated carbocycles. The van der Waals surface area contributed by atoms with Gasteiger partial charge in [0.2, 0.25) is 0 Å². The van der Waals surface area contributed by atoms with Crippen LogP contribution >= 0.6 is 0 Å². The van der Waals surface area contributed by atoms with Crippen LogP contribution in [0.4, 0.5) is 14.9 Å². The first-order valence-corrected chi connectivity index (χ1v) is 11.2. The highest BCUT2D eigenvalue weighted by Gasteiger charge is 2.46. The number of benzene rings is 3. The van der Waals surface area contributed by atoms with Crippen LogP contribution in [0, 0.1) is 5.82 Å². The molecule has 2 fully saturated rings. The molecule has 2 aliphatic rings. The van der Waals surface area contributed by atoms with E-state index in [0.29, 0.717) is 31.6 Å². The number of ether oxygens (including phenoxy) is 1. The Morgan fingerprint density at radius 3 is 2.45 bits per heavy atom. The molecule has 2 heterocycles. The van der Waals surface area contributed by atoms with E-state index in [0.717, 1.165) is 29.7 Å². The lowest BCUT2D eigenvalue weighted by Crippen LogP contribution is -2.37. The van der Waals surface area contributed by atoms with E-state index in [1.807, 2.05) is 59.5 Å². The maximum Gasteiger partial charge on any atom is 0.415 e. The summed E-state index contributed by atoms with van der Waals surface area (Å²) in [5.74, 6) is -0.330. The predicted octanol–water partition coefficient (Wildman–Crippen LogP) is 5.51. The van der Waals surface area contributed by atoms with Crippen molar-refractivity contribution < 1.29 is 18.7 Å². The number of amides is 2. The van der Waals surface area contributed by atoms with Crippen molar-refractivity contribution in [3.63, 3.8) is 0 Å². The van der Waals surface area contributed by atoms with Gasteiger partial charge in [-0.3, -0.25) is 9.69 Å². The van der Waals surface area contributed by atoms with E-state index in [1.165, 1.54) is 12.1 Å². The number of anilines is 1. The van der Waals surface area contributed by atoms with E-state index in [4.69, 9.17) is 4.74 Å². The monoisotopic (exact) mass is 444 g/mol. The molecule has 5 nitrogen and oxygen atoms in total. The molecule has 5 rings (SSSR count). The van der Waals surface area contributed by atoms with Crippen molar-refractivity contribution in [1.29, 1.82) is 0 Å². The molecule has 0 unspecified atom stereocenters. The van der Waals surface area contributed by atoms with Crippen LogP contribution in [0.15, 0.2) is 78.9 Å². The number of likely N-dealkylation sites (tertiary alicyclic amines) is 1. The molecule has 6 heteroatoms. The van der Waals surface area contributed by atoms with Crippen LogP contribution < -0.4 is 4.90 Å². The first-order chi connectivity index (χ1) is 16.0. The third kappa shape index (κ3) is 4.33. The first-order valence-electron chi connectivity index (χ1n) is 11.2. The zero-order valence-corrected chi connectivity index (χ0v) is 18.2. The van der Waals surface area contributed by atoms with Crippen LogP contribution in [-0.2, 0) is 4.74 Å². The second kappa shape index (κ2) is 8.70. The number of hydrogen-bond donors (Lipinski definition) is 0. The normalized spacial score (nSPS) is 20.6. The number of rotatable bonds is 3. The van der Waals surface area contributed by atoms with E-state index in [1.54, 1.807) is 17.0 Å². The highest BCUT2D eigenvalue weighted by atomic mass is 19.1. The standard InChI is InChI=1S/C27H25FN2O3/c28-23-12-10-20(11-13-23)21-6-4-7-22(18-21)25(31)29-16-5-14-27(15-17-29)19-30(26(32)33-27)24-8-2-1-3-9-24/h1-4,6-13,18H,5,14-17,19H2/t27-/m0/s1. The summed E-state index contributed by atoms with van der Waals surface area (Å²) in [6.45, 7) is 1.64. The van der Waals surface area contributed by atoms with Gasteiger partial charge in [-0.05, 0) is 60.4 Å². The summed E-state index contributed by atoms with van der Waals surface area (Å²) in [6.07, 6.45) is 1.76. The Bertz CT molecular complexity index is 1170. The minimum absolute atomic E-state index is 0.0414. The lowest BCUT2D eigenvalue weighted by Gasteiger charge is -2.25. The summed E-state index contributed by atoms with van der Waals surface area (Å²) in [7, 11) is 0. The smallest absolute Gasteiger partial charge is 0.415 e. The van der Waals surface area contributed by atoms with Gasteiger partial charge >= 0.3 is 6.09 Å². The van der Waals surface area contributed by atoms with Crippen molar-refractivity contribution in [1.82, 2.24) is 4.90 Å². The van der Waals surface area contributed by atoms with Gasteiger partial charge in [-0.2, -0.15) is 0 Å². The zero-order valence-electron chi connectivity index (χ0n) is 18.2. The fourth-order valence-electron chi connectivity index (χ4n) is 4.72. The minimum Gasteiger partial charge on any atom is -0.441 e. The third-order valence-electron chi connectivity index (χ3n) is 6.51. The van der Waals surface area contributed by atoms with Gasteiger partial charge in [0.1, 0.15) is 11.4 Å². The Labute approximate surface area is 192 Å². The molecule has 0 radical (unpaired) electrons. The lowest BCUT2D eigenvalue weighted by molar-refractivity contribution is 0.0438. The third-order valence-corrected chi connectivity index (χ3v) is 6.51. The lowest BCUT2D eigenvalue weighted by atomic mass is 9.95. The molecule has 1 spiro atoms. The highest BCUT2D eigenvalue weighted by molar-refractivity contribution is 5.95. The van der Waals surface area contributed by atoms with Gasteiger partial charge < -0.3 is 9.64 Å². The average Bonchev–Trinajstić information content (AvgIpc) is 3.03. The number of hydrogen-bond acceptors (Lipinski definition) is 3. The van der Waals surface area contributed by atoms with Crippen LogP contribution in [0.5, 0.6) is 0 Å². The Morgan fingerprint density at radius 2 is 1.67 bits per heavy atom. The molecule has 33 heavy (non-hydrogen) atoms. The Hall–Kier alpha value is -3.67. The van der Waals surface area contributed by atoms with E-state index in [2.05, 4.69) is 0 Å². The molecule has 2 aliphatic heterocycles. The molecule has 0 aliphatic carbocycles. The molecule has 168 valence electrons.